The van der Waals surface area contributed by atoms with Crippen LogP contribution in [-0.2, 0) is 6.61 Å². The lowest BCUT2D eigenvalue weighted by atomic mass is 10.4. The summed E-state index contributed by atoms with van der Waals surface area (Å²) in [4.78, 5) is 3.87. The molecule has 0 saturated carbocycles. The quantitative estimate of drug-likeness (QED) is 0.672. The first-order valence-corrected chi connectivity index (χ1v) is 3.70. The van der Waals surface area contributed by atoms with Crippen molar-refractivity contribution in [2.24, 2.45) is 0 Å². The second kappa shape index (κ2) is 3.28. The van der Waals surface area contributed by atoms with E-state index in [0.29, 0.717) is 5.82 Å². The minimum absolute atomic E-state index is 0.185. The average molecular weight is 177 g/mol. The maximum atomic E-state index is 8.89. The van der Waals surface area contributed by atoms with Crippen LogP contribution in [0.4, 0.5) is 0 Å². The molecule has 0 aliphatic rings. The van der Waals surface area contributed by atoms with Gasteiger partial charge < -0.3 is 5.11 Å². The molecule has 0 radical (unpaired) electrons. The van der Waals surface area contributed by atoms with Crippen LogP contribution in [0.3, 0.4) is 0 Å². The van der Waals surface area contributed by atoms with Crippen molar-refractivity contribution in [3.63, 3.8) is 0 Å². The van der Waals surface area contributed by atoms with E-state index in [2.05, 4.69) is 20.5 Å². The van der Waals surface area contributed by atoms with Gasteiger partial charge in [-0.3, -0.25) is 4.98 Å². The average Bonchev–Trinajstić information content (AvgIpc) is 2.67. The first-order chi connectivity index (χ1) is 6.42. The summed E-state index contributed by atoms with van der Waals surface area (Å²) in [6.07, 6.45) is 3.27. The molecule has 66 valence electrons. The smallest absolute Gasteiger partial charge is 0.182 e. The number of rotatable bonds is 2. The molecule has 0 saturated heterocycles. The highest BCUT2D eigenvalue weighted by Crippen LogP contribution is 2.04. The molecule has 0 unspecified atom stereocenters. The van der Waals surface area contributed by atoms with Gasteiger partial charge in [0.25, 0.3) is 0 Å². The van der Waals surface area contributed by atoms with Gasteiger partial charge in [-0.15, -0.1) is 5.10 Å². The van der Waals surface area contributed by atoms with Crippen molar-refractivity contribution in [2.45, 2.75) is 6.61 Å². The Hall–Kier alpha value is -1.82. The first kappa shape index (κ1) is 7.81. The zero-order valence-corrected chi connectivity index (χ0v) is 6.70. The molecule has 2 aromatic heterocycles. The van der Waals surface area contributed by atoms with Crippen molar-refractivity contribution in [1.29, 1.82) is 0 Å². The Kier molecular flexibility index (Phi) is 1.97. The number of aliphatic hydroxyl groups excluding tert-OH is 1. The minimum atomic E-state index is -0.185. The van der Waals surface area contributed by atoms with Crippen LogP contribution >= 0.6 is 0 Å². The van der Waals surface area contributed by atoms with Crippen LogP contribution in [0.5, 0.6) is 0 Å². The van der Waals surface area contributed by atoms with Crippen molar-refractivity contribution in [1.82, 2.24) is 25.2 Å². The summed E-state index contributed by atoms with van der Waals surface area (Å²) < 4.78 is 1.46. The van der Waals surface area contributed by atoms with Crippen LogP contribution < -0.4 is 0 Å². The van der Waals surface area contributed by atoms with Crippen molar-refractivity contribution >= 4 is 0 Å². The predicted octanol–water partition coefficient (Wildman–Crippen LogP) is -0.450. The SMILES string of the molecule is OCc1nnnn1-c1ccncc1. The normalized spacial score (nSPS) is 10.2. The molecule has 2 rings (SSSR count). The lowest BCUT2D eigenvalue weighted by Gasteiger charge is -1.99. The van der Waals surface area contributed by atoms with Gasteiger partial charge in [0.2, 0.25) is 0 Å². The van der Waals surface area contributed by atoms with Gasteiger partial charge in [0.05, 0.1) is 5.69 Å². The van der Waals surface area contributed by atoms with Crippen LogP contribution in [0.15, 0.2) is 24.5 Å². The number of aliphatic hydroxyl groups is 1. The lowest BCUT2D eigenvalue weighted by Crippen LogP contribution is -2.02. The maximum Gasteiger partial charge on any atom is 0.182 e. The second-order valence-electron chi connectivity index (χ2n) is 2.37. The van der Waals surface area contributed by atoms with Crippen molar-refractivity contribution in [3.8, 4) is 5.69 Å². The van der Waals surface area contributed by atoms with Gasteiger partial charge in [-0.2, -0.15) is 4.68 Å². The molecule has 0 aliphatic heterocycles. The third-order valence-corrected chi connectivity index (χ3v) is 1.58. The Morgan fingerprint density at radius 3 is 2.77 bits per heavy atom. The van der Waals surface area contributed by atoms with E-state index in [1.54, 1.807) is 24.5 Å². The molecule has 0 atom stereocenters. The van der Waals surface area contributed by atoms with E-state index in [-0.39, 0.29) is 6.61 Å². The van der Waals surface area contributed by atoms with Crippen LogP contribution in [0.25, 0.3) is 5.69 Å². The van der Waals surface area contributed by atoms with E-state index in [1.807, 2.05) is 0 Å². The van der Waals surface area contributed by atoms with E-state index in [4.69, 9.17) is 5.11 Å². The topological polar surface area (TPSA) is 76.7 Å². The standard InChI is InChI=1S/C7H7N5O/c13-5-7-9-10-11-12(7)6-1-3-8-4-2-6/h1-4,13H,5H2. The highest BCUT2D eigenvalue weighted by Gasteiger charge is 2.05. The molecule has 6 nitrogen and oxygen atoms in total. The minimum Gasteiger partial charge on any atom is -0.388 e. The summed E-state index contributed by atoms with van der Waals surface area (Å²) in [5.74, 6) is 0.409. The summed E-state index contributed by atoms with van der Waals surface area (Å²) in [6, 6.07) is 3.52. The Balaban J connectivity index is 2.47. The fourth-order valence-electron chi connectivity index (χ4n) is 0.990. The highest BCUT2D eigenvalue weighted by atomic mass is 16.3. The predicted molar refractivity (Wildman–Crippen MR) is 42.9 cm³/mol. The van der Waals surface area contributed by atoms with Crippen molar-refractivity contribution in [2.75, 3.05) is 0 Å². The summed E-state index contributed by atoms with van der Waals surface area (Å²) >= 11 is 0. The molecule has 2 heterocycles. The zero-order chi connectivity index (χ0) is 9.10. The van der Waals surface area contributed by atoms with Gasteiger partial charge in [0.1, 0.15) is 6.61 Å². The van der Waals surface area contributed by atoms with E-state index in [9.17, 15) is 0 Å². The summed E-state index contributed by atoms with van der Waals surface area (Å²) in [5.41, 5.74) is 0.782. The van der Waals surface area contributed by atoms with Crippen LogP contribution in [0, 0.1) is 0 Å². The van der Waals surface area contributed by atoms with Gasteiger partial charge in [0.15, 0.2) is 5.82 Å². The largest absolute Gasteiger partial charge is 0.388 e. The van der Waals surface area contributed by atoms with Crippen LogP contribution in [0.1, 0.15) is 5.82 Å². The fraction of sp³-hybridized carbons (Fsp3) is 0.143. The molecule has 0 bridgehead atoms. The molecule has 2 aromatic rings. The van der Waals surface area contributed by atoms with E-state index in [1.165, 1.54) is 4.68 Å². The number of hydrogen-bond donors (Lipinski definition) is 1. The molecule has 0 aromatic carbocycles. The Labute approximate surface area is 73.9 Å². The molecular weight excluding hydrogens is 170 g/mol. The van der Waals surface area contributed by atoms with Gasteiger partial charge in [-0.25, -0.2) is 0 Å². The second-order valence-corrected chi connectivity index (χ2v) is 2.37. The zero-order valence-electron chi connectivity index (χ0n) is 6.70. The third-order valence-electron chi connectivity index (χ3n) is 1.58. The highest BCUT2D eigenvalue weighted by molar-refractivity contribution is 5.27. The van der Waals surface area contributed by atoms with E-state index < -0.39 is 0 Å². The van der Waals surface area contributed by atoms with Gasteiger partial charge in [-0.05, 0) is 22.6 Å². The van der Waals surface area contributed by atoms with Gasteiger partial charge in [0, 0.05) is 12.4 Å². The molecular formula is C7H7N5O. The number of hydrogen-bond acceptors (Lipinski definition) is 5. The van der Waals surface area contributed by atoms with Crippen molar-refractivity contribution in [3.05, 3.63) is 30.4 Å². The monoisotopic (exact) mass is 177 g/mol. The molecule has 0 aliphatic carbocycles. The first-order valence-electron chi connectivity index (χ1n) is 3.70. The lowest BCUT2D eigenvalue weighted by molar-refractivity contribution is 0.268. The molecule has 0 fully saturated rings. The van der Waals surface area contributed by atoms with Gasteiger partial charge in [-0.1, -0.05) is 0 Å². The number of pyridine rings is 1. The Morgan fingerprint density at radius 2 is 2.08 bits per heavy atom. The molecule has 0 spiro atoms. The van der Waals surface area contributed by atoms with Crippen LogP contribution in [0.2, 0.25) is 0 Å². The number of tetrazole rings is 1. The number of nitrogens with zero attached hydrogens (tertiary/aromatic N) is 5. The molecule has 0 amide bonds. The summed E-state index contributed by atoms with van der Waals surface area (Å²) in [7, 11) is 0. The van der Waals surface area contributed by atoms with Crippen LogP contribution in [-0.4, -0.2) is 30.3 Å². The van der Waals surface area contributed by atoms with Gasteiger partial charge >= 0.3 is 0 Å². The number of aromatic nitrogens is 5. The van der Waals surface area contributed by atoms with Crippen molar-refractivity contribution < 1.29 is 5.11 Å². The Morgan fingerprint density at radius 1 is 1.31 bits per heavy atom. The van der Waals surface area contributed by atoms with E-state index in [0.717, 1.165) is 5.69 Å². The maximum absolute atomic E-state index is 8.89. The Bertz CT molecular complexity index is 385. The molecule has 1 N–H and O–H groups in total. The summed E-state index contributed by atoms with van der Waals surface area (Å²) in [5, 5.41) is 19.7. The summed E-state index contributed by atoms with van der Waals surface area (Å²) in [6.45, 7) is -0.185. The third kappa shape index (κ3) is 1.38. The fourth-order valence-corrected chi connectivity index (χ4v) is 0.990. The molecule has 13 heavy (non-hydrogen) atoms. The van der Waals surface area contributed by atoms with E-state index >= 15 is 0 Å². The molecule has 6 heteroatoms.